The minimum atomic E-state index is -0.605. The van der Waals surface area contributed by atoms with Gasteiger partial charge in [0.1, 0.15) is 5.82 Å². The third-order valence-corrected chi connectivity index (χ3v) is 6.89. The molecule has 2 heterocycles. The third-order valence-electron chi connectivity index (χ3n) is 6.89. The van der Waals surface area contributed by atoms with E-state index in [0.717, 1.165) is 29.7 Å². The fourth-order valence-corrected chi connectivity index (χ4v) is 4.64. The molecule has 5 rings (SSSR count). The topological polar surface area (TPSA) is 85.9 Å². The van der Waals surface area contributed by atoms with Gasteiger partial charge >= 0.3 is 0 Å². The number of hydrogen-bond donors (Lipinski definition) is 2. The van der Waals surface area contributed by atoms with Gasteiger partial charge in [0.15, 0.2) is 11.5 Å². The van der Waals surface area contributed by atoms with Gasteiger partial charge in [-0.15, -0.1) is 0 Å². The molecule has 2 amide bonds. The molecule has 0 radical (unpaired) electrons. The predicted octanol–water partition coefficient (Wildman–Crippen LogP) is 4.59. The van der Waals surface area contributed by atoms with Gasteiger partial charge in [0.25, 0.3) is 11.8 Å². The second kappa shape index (κ2) is 9.99. The normalized spacial score (nSPS) is 15.8. The van der Waals surface area contributed by atoms with Crippen LogP contribution in [0.25, 0.3) is 0 Å². The molecule has 1 fully saturated rings. The number of halogens is 1. The summed E-state index contributed by atoms with van der Waals surface area (Å²) in [6.45, 7) is 3.63. The Balaban J connectivity index is 1.32. The van der Waals surface area contributed by atoms with Crippen LogP contribution >= 0.6 is 0 Å². The van der Waals surface area contributed by atoms with Crippen LogP contribution in [0.4, 0.5) is 10.1 Å². The molecule has 3 aromatic carbocycles. The number of fused-ring (bicyclic) bond motifs is 1. The van der Waals surface area contributed by atoms with Gasteiger partial charge in [-0.05, 0) is 67.3 Å². The SMILES string of the molecule is Cc1ccc(C(=O)NCC2(c3ccc4c(c3)OCO4)CCOCC2)cc1NC(=O)c1ccccc1F. The van der Waals surface area contributed by atoms with Crippen LogP contribution in [0, 0.1) is 12.7 Å². The molecule has 0 aliphatic carbocycles. The van der Waals surface area contributed by atoms with Crippen molar-refractivity contribution < 1.29 is 28.2 Å². The molecule has 1 saturated heterocycles. The molecule has 2 aliphatic heterocycles. The molecule has 36 heavy (non-hydrogen) atoms. The zero-order chi connectivity index (χ0) is 25.1. The third kappa shape index (κ3) is 4.77. The fourth-order valence-electron chi connectivity index (χ4n) is 4.64. The van der Waals surface area contributed by atoms with Gasteiger partial charge in [-0.3, -0.25) is 9.59 Å². The Kier molecular flexibility index (Phi) is 6.61. The molecule has 0 bridgehead atoms. The largest absolute Gasteiger partial charge is 0.454 e. The molecule has 0 unspecified atom stereocenters. The highest BCUT2D eigenvalue weighted by molar-refractivity contribution is 6.05. The van der Waals surface area contributed by atoms with Crippen LogP contribution in [0.15, 0.2) is 60.7 Å². The summed E-state index contributed by atoms with van der Waals surface area (Å²) < 4.78 is 30.6. The van der Waals surface area contributed by atoms with E-state index >= 15 is 0 Å². The Bertz CT molecular complexity index is 1300. The summed E-state index contributed by atoms with van der Waals surface area (Å²) in [6, 6.07) is 16.8. The van der Waals surface area contributed by atoms with Crippen molar-refractivity contribution in [2.75, 3.05) is 31.9 Å². The van der Waals surface area contributed by atoms with Gasteiger partial charge < -0.3 is 24.8 Å². The number of benzene rings is 3. The molecule has 8 heteroatoms. The summed E-state index contributed by atoms with van der Waals surface area (Å²) in [5.41, 5.74) is 2.32. The Morgan fingerprint density at radius 1 is 0.944 bits per heavy atom. The molecule has 7 nitrogen and oxygen atoms in total. The molecular formula is C28H27FN2O5. The summed E-state index contributed by atoms with van der Waals surface area (Å²) in [5, 5.41) is 5.80. The molecule has 0 saturated carbocycles. The monoisotopic (exact) mass is 490 g/mol. The molecule has 0 atom stereocenters. The average Bonchev–Trinajstić information content (AvgIpc) is 3.37. The van der Waals surface area contributed by atoms with E-state index < -0.39 is 11.7 Å². The standard InChI is InChI=1S/C28H27FN2O5/c1-18-6-7-19(14-23(18)31-27(33)21-4-2-3-5-22(21)29)26(32)30-16-28(10-12-34-13-11-28)20-8-9-24-25(15-20)36-17-35-24/h2-9,14-15H,10-13,16-17H2,1H3,(H,30,32)(H,31,33). The smallest absolute Gasteiger partial charge is 0.258 e. The number of carbonyl (C=O) groups is 2. The van der Waals surface area contributed by atoms with Gasteiger partial charge in [-0.25, -0.2) is 4.39 Å². The van der Waals surface area contributed by atoms with Crippen molar-refractivity contribution in [2.24, 2.45) is 0 Å². The van der Waals surface area contributed by atoms with Crippen molar-refractivity contribution in [2.45, 2.75) is 25.2 Å². The molecule has 186 valence electrons. The Labute approximate surface area is 208 Å². The maximum absolute atomic E-state index is 14.0. The summed E-state index contributed by atoms with van der Waals surface area (Å²) >= 11 is 0. The van der Waals surface area contributed by atoms with Crippen molar-refractivity contribution in [3.8, 4) is 11.5 Å². The Morgan fingerprint density at radius 2 is 1.72 bits per heavy atom. The van der Waals surface area contributed by atoms with Crippen molar-refractivity contribution in [3.05, 3.63) is 88.7 Å². The second-order valence-corrected chi connectivity index (χ2v) is 9.11. The molecule has 0 aromatic heterocycles. The second-order valence-electron chi connectivity index (χ2n) is 9.11. The Hall–Kier alpha value is -3.91. The lowest BCUT2D eigenvalue weighted by molar-refractivity contribution is 0.0486. The van der Waals surface area contributed by atoms with Gasteiger partial charge in [0.2, 0.25) is 6.79 Å². The van der Waals surface area contributed by atoms with E-state index in [9.17, 15) is 14.0 Å². The average molecular weight is 491 g/mol. The zero-order valence-electron chi connectivity index (χ0n) is 19.9. The number of anilines is 1. The highest BCUT2D eigenvalue weighted by atomic mass is 19.1. The molecule has 0 spiro atoms. The first kappa shape index (κ1) is 23.8. The highest BCUT2D eigenvalue weighted by Gasteiger charge is 2.36. The van der Waals surface area contributed by atoms with Gasteiger partial charge in [0.05, 0.1) is 5.56 Å². The number of amides is 2. The van der Waals surface area contributed by atoms with Gasteiger partial charge in [-0.2, -0.15) is 0 Å². The van der Waals surface area contributed by atoms with Crippen LogP contribution < -0.4 is 20.1 Å². The predicted molar refractivity (Wildman–Crippen MR) is 132 cm³/mol. The number of rotatable bonds is 6. The highest BCUT2D eigenvalue weighted by Crippen LogP contribution is 2.40. The number of aryl methyl sites for hydroxylation is 1. The number of carbonyl (C=O) groups excluding carboxylic acids is 2. The first-order chi connectivity index (χ1) is 17.4. The minimum absolute atomic E-state index is 0.0584. The summed E-state index contributed by atoms with van der Waals surface area (Å²) in [5.74, 6) is -0.0133. The van der Waals surface area contributed by atoms with Crippen molar-refractivity contribution >= 4 is 17.5 Å². The maximum Gasteiger partial charge on any atom is 0.258 e. The first-order valence-corrected chi connectivity index (χ1v) is 11.9. The zero-order valence-corrected chi connectivity index (χ0v) is 19.9. The lowest BCUT2D eigenvalue weighted by Crippen LogP contribution is -2.44. The molecule has 3 aromatic rings. The fraction of sp³-hybridized carbons (Fsp3) is 0.286. The first-order valence-electron chi connectivity index (χ1n) is 11.9. The summed E-state index contributed by atoms with van der Waals surface area (Å²) in [6.07, 6.45) is 1.51. The van der Waals surface area contributed by atoms with Crippen molar-refractivity contribution in [3.63, 3.8) is 0 Å². The number of hydrogen-bond acceptors (Lipinski definition) is 5. The van der Waals surface area contributed by atoms with Crippen LogP contribution in [0.1, 0.15) is 44.7 Å². The van der Waals surface area contributed by atoms with E-state index in [-0.39, 0.29) is 23.7 Å². The van der Waals surface area contributed by atoms with E-state index in [4.69, 9.17) is 14.2 Å². The quantitative estimate of drug-likeness (QED) is 0.528. The minimum Gasteiger partial charge on any atom is -0.454 e. The molecule has 2 N–H and O–H groups in total. The van der Waals surface area contributed by atoms with Crippen LogP contribution in [0.5, 0.6) is 11.5 Å². The van der Waals surface area contributed by atoms with Gasteiger partial charge in [-0.1, -0.05) is 24.3 Å². The van der Waals surface area contributed by atoms with E-state index in [1.165, 1.54) is 18.2 Å². The molecule has 2 aliphatic rings. The molecular weight excluding hydrogens is 463 g/mol. The lowest BCUT2D eigenvalue weighted by atomic mass is 9.74. The lowest BCUT2D eigenvalue weighted by Gasteiger charge is -2.38. The van der Waals surface area contributed by atoms with Crippen molar-refractivity contribution in [1.29, 1.82) is 0 Å². The summed E-state index contributed by atoms with van der Waals surface area (Å²) in [7, 11) is 0. The van der Waals surface area contributed by atoms with Crippen molar-refractivity contribution in [1.82, 2.24) is 5.32 Å². The maximum atomic E-state index is 14.0. The number of ether oxygens (including phenoxy) is 3. The number of nitrogens with one attached hydrogen (secondary N) is 2. The van der Waals surface area contributed by atoms with E-state index in [0.29, 0.717) is 36.8 Å². The van der Waals surface area contributed by atoms with Crippen LogP contribution in [-0.2, 0) is 10.2 Å². The van der Waals surface area contributed by atoms with Crippen LogP contribution in [0.2, 0.25) is 0 Å². The van der Waals surface area contributed by atoms with E-state index in [1.807, 2.05) is 25.1 Å². The summed E-state index contributed by atoms with van der Waals surface area (Å²) in [4.78, 5) is 25.8. The van der Waals surface area contributed by atoms with E-state index in [1.54, 1.807) is 24.3 Å². The van der Waals surface area contributed by atoms with Gasteiger partial charge in [0, 0.05) is 36.4 Å². The van der Waals surface area contributed by atoms with Crippen LogP contribution in [0.3, 0.4) is 0 Å². The van der Waals surface area contributed by atoms with Crippen LogP contribution in [-0.4, -0.2) is 38.4 Å². The Morgan fingerprint density at radius 3 is 2.53 bits per heavy atom. The van der Waals surface area contributed by atoms with E-state index in [2.05, 4.69) is 10.6 Å².